The molecule has 0 radical (unpaired) electrons. The molecule has 0 saturated carbocycles. The predicted molar refractivity (Wildman–Crippen MR) is 203 cm³/mol. The van der Waals surface area contributed by atoms with E-state index in [0.717, 1.165) is 40.1 Å². The molecule has 2 aromatic carbocycles. The molecule has 2 fully saturated rings. The summed E-state index contributed by atoms with van der Waals surface area (Å²) in [6.07, 6.45) is 7.69. The lowest BCUT2D eigenvalue weighted by Gasteiger charge is -2.39. The van der Waals surface area contributed by atoms with E-state index in [1.165, 1.54) is 12.1 Å². The van der Waals surface area contributed by atoms with Crippen molar-refractivity contribution in [3.63, 3.8) is 0 Å². The molecule has 0 bridgehead atoms. The molecule has 2 saturated heterocycles. The van der Waals surface area contributed by atoms with Crippen LogP contribution in [0.5, 0.6) is 17.2 Å². The molecule has 17 heteroatoms. The van der Waals surface area contributed by atoms with Crippen molar-refractivity contribution in [3.05, 3.63) is 93.9 Å². The molecule has 3 aromatic heterocycles. The van der Waals surface area contributed by atoms with Gasteiger partial charge in [0.1, 0.15) is 29.0 Å². The zero-order valence-corrected chi connectivity index (χ0v) is 31.6. The van der Waals surface area contributed by atoms with E-state index in [9.17, 15) is 24.0 Å². The van der Waals surface area contributed by atoms with Gasteiger partial charge in [0.2, 0.25) is 11.8 Å². The first-order valence-electron chi connectivity index (χ1n) is 18.5. The summed E-state index contributed by atoms with van der Waals surface area (Å²) in [4.78, 5) is 69.9. The van der Waals surface area contributed by atoms with Gasteiger partial charge in [-0.15, -0.1) is 5.10 Å². The summed E-state index contributed by atoms with van der Waals surface area (Å²) in [6.45, 7) is 3.21. The van der Waals surface area contributed by atoms with Crippen LogP contribution in [0.4, 0.5) is 0 Å². The molecule has 0 spiro atoms. The molecule has 1 unspecified atom stereocenters. The maximum absolute atomic E-state index is 13.1. The van der Waals surface area contributed by atoms with Gasteiger partial charge in [-0.1, -0.05) is 5.21 Å². The Morgan fingerprint density at radius 3 is 2.42 bits per heavy atom. The largest absolute Gasteiger partial charge is 0.496 e. The Labute approximate surface area is 326 Å². The zero-order chi connectivity index (χ0) is 39.8. The van der Waals surface area contributed by atoms with Crippen LogP contribution in [0, 0.1) is 0 Å². The van der Waals surface area contributed by atoms with Gasteiger partial charge in [-0.2, -0.15) is 0 Å². The monoisotopic (exact) mass is 776 g/mol. The molecule has 8 rings (SSSR count). The Kier molecular flexibility index (Phi) is 10.2. The van der Waals surface area contributed by atoms with Gasteiger partial charge < -0.3 is 23.5 Å². The number of ether oxygens (including phenoxy) is 4. The van der Waals surface area contributed by atoms with Crippen LogP contribution >= 0.6 is 0 Å². The highest BCUT2D eigenvalue weighted by atomic mass is 16.5. The quantitative estimate of drug-likeness (QED) is 0.128. The van der Waals surface area contributed by atoms with Crippen molar-refractivity contribution < 1.29 is 38.1 Å². The third-order valence-corrected chi connectivity index (χ3v) is 10.5. The number of methoxy groups -OCH3 is 2. The Bertz CT molecular complexity index is 2450. The van der Waals surface area contributed by atoms with E-state index < -0.39 is 29.7 Å². The summed E-state index contributed by atoms with van der Waals surface area (Å²) in [5.41, 5.74) is 3.61. The third kappa shape index (κ3) is 7.34. The number of pyridine rings is 2. The minimum Gasteiger partial charge on any atom is -0.496 e. The van der Waals surface area contributed by atoms with Gasteiger partial charge in [0.25, 0.3) is 17.4 Å². The number of aryl methyl sites for hydroxylation is 2. The van der Waals surface area contributed by atoms with E-state index in [2.05, 4.69) is 25.5 Å². The Balaban J connectivity index is 0.801. The molecule has 1 N–H and O–H groups in total. The molecule has 17 nitrogen and oxygen atoms in total. The van der Waals surface area contributed by atoms with Crippen molar-refractivity contribution in [2.24, 2.45) is 7.05 Å². The number of nitrogens with zero attached hydrogens (tertiary/aromatic N) is 7. The minimum atomic E-state index is -1.02. The first-order chi connectivity index (χ1) is 27.6. The summed E-state index contributed by atoms with van der Waals surface area (Å²) < 4.78 is 26.9. The van der Waals surface area contributed by atoms with Crippen LogP contribution in [0.25, 0.3) is 21.9 Å². The molecule has 3 aliphatic rings. The SMILES string of the molecule is COc1cc(-c2cn(C)c(=O)c3cnccc23)cc(OC)c1CN1CC(OCc2cn(CCCOc3ccc4c(c3)C(=O)N(C3CCC(=O)NC3=O)C4=O)nn2)C1. The molecule has 0 aliphatic carbocycles. The van der Waals surface area contributed by atoms with E-state index in [1.807, 2.05) is 30.6 Å². The van der Waals surface area contributed by atoms with Gasteiger partial charge in [0.05, 0.1) is 61.8 Å². The second-order valence-electron chi connectivity index (χ2n) is 14.2. The fourth-order valence-electron chi connectivity index (χ4n) is 7.49. The number of rotatable bonds is 14. The van der Waals surface area contributed by atoms with E-state index in [1.54, 1.807) is 49.0 Å². The predicted octanol–water partition coefficient (Wildman–Crippen LogP) is 2.48. The third-order valence-electron chi connectivity index (χ3n) is 10.5. The number of likely N-dealkylation sites (tertiary alicyclic amines) is 1. The number of amides is 4. The summed E-state index contributed by atoms with van der Waals surface area (Å²) in [5.74, 6) is -0.432. The zero-order valence-electron chi connectivity index (χ0n) is 31.6. The summed E-state index contributed by atoms with van der Waals surface area (Å²) in [6, 6.07) is 9.40. The normalized spacial score (nSPS) is 17.2. The second kappa shape index (κ2) is 15.6. The molecule has 4 amide bonds. The lowest BCUT2D eigenvalue weighted by atomic mass is 9.98. The molecule has 3 aliphatic heterocycles. The summed E-state index contributed by atoms with van der Waals surface area (Å²) >= 11 is 0. The van der Waals surface area contributed by atoms with Gasteiger partial charge in [-0.3, -0.25) is 48.8 Å². The second-order valence-corrected chi connectivity index (χ2v) is 14.2. The number of hydrogen-bond donors (Lipinski definition) is 1. The number of carbonyl (C=O) groups is 4. The van der Waals surface area contributed by atoms with Crippen LogP contribution in [-0.2, 0) is 41.1 Å². The lowest BCUT2D eigenvalue weighted by molar-refractivity contribution is -0.136. The first kappa shape index (κ1) is 37.5. The number of nitrogens with one attached hydrogen (secondary N) is 1. The number of imide groups is 2. The van der Waals surface area contributed by atoms with Crippen molar-refractivity contribution >= 4 is 34.4 Å². The summed E-state index contributed by atoms with van der Waals surface area (Å²) in [5, 5.41) is 12.0. The highest BCUT2D eigenvalue weighted by Crippen LogP contribution is 2.38. The van der Waals surface area contributed by atoms with Crippen LogP contribution in [0.15, 0.2) is 66.0 Å². The topological polar surface area (TPSA) is 189 Å². The van der Waals surface area contributed by atoms with Crippen LogP contribution in [0.3, 0.4) is 0 Å². The Morgan fingerprint density at radius 2 is 1.67 bits per heavy atom. The van der Waals surface area contributed by atoms with Crippen LogP contribution < -0.4 is 25.1 Å². The van der Waals surface area contributed by atoms with Gasteiger partial charge in [-0.05, 0) is 53.8 Å². The van der Waals surface area contributed by atoms with Gasteiger partial charge in [0.15, 0.2) is 0 Å². The number of benzene rings is 2. The van der Waals surface area contributed by atoms with Crippen molar-refractivity contribution in [1.29, 1.82) is 0 Å². The highest BCUT2D eigenvalue weighted by Gasteiger charge is 2.44. The molecule has 1 atom stereocenters. The Hall–Kier alpha value is -6.46. The van der Waals surface area contributed by atoms with Crippen molar-refractivity contribution in [3.8, 4) is 28.4 Å². The number of fused-ring (bicyclic) bond motifs is 2. The smallest absolute Gasteiger partial charge is 0.262 e. The summed E-state index contributed by atoms with van der Waals surface area (Å²) in [7, 11) is 4.99. The fraction of sp³-hybridized carbons (Fsp3) is 0.350. The van der Waals surface area contributed by atoms with Crippen molar-refractivity contribution in [1.82, 2.24) is 39.7 Å². The average molecular weight is 777 g/mol. The highest BCUT2D eigenvalue weighted by molar-refractivity contribution is 6.23. The van der Waals surface area contributed by atoms with Crippen LogP contribution in [-0.4, -0.2) is 104 Å². The number of piperidine rings is 1. The standard InChI is InChI=1S/C40H40N8O9/c1-45-20-31(27-9-10-41-16-30(27)38(45)51)23-13-34(54-2)32(35(14-23)55-3)21-46-18-26(19-46)57-22-24-17-47(44-43-24)11-4-12-56-25-5-6-28-29(15-25)40(53)48(39(28)52)33-7-8-36(49)42-37(33)50/h5-6,9-10,13-17,20,26,33H,4,7-8,11-12,18-19,21-22H2,1-3H3,(H,42,49,50). The molecule has 6 heterocycles. The number of hydrogen-bond acceptors (Lipinski definition) is 13. The minimum absolute atomic E-state index is 0.0241. The molecular weight excluding hydrogens is 736 g/mol. The molecular formula is C40H40N8O9. The van der Waals surface area contributed by atoms with Crippen LogP contribution in [0.1, 0.15) is 51.2 Å². The molecule has 5 aromatic rings. The fourth-order valence-corrected chi connectivity index (χ4v) is 7.49. The van der Waals surface area contributed by atoms with E-state index in [0.29, 0.717) is 61.1 Å². The van der Waals surface area contributed by atoms with Gasteiger partial charge in [0, 0.05) is 70.2 Å². The molecule has 57 heavy (non-hydrogen) atoms. The maximum Gasteiger partial charge on any atom is 0.262 e. The van der Waals surface area contributed by atoms with Gasteiger partial charge in [-0.25, -0.2) is 0 Å². The molecule has 294 valence electrons. The van der Waals surface area contributed by atoms with E-state index in [-0.39, 0.29) is 35.6 Å². The van der Waals surface area contributed by atoms with Crippen LogP contribution in [0.2, 0.25) is 0 Å². The van der Waals surface area contributed by atoms with E-state index in [4.69, 9.17) is 18.9 Å². The number of carbonyl (C=O) groups excluding carboxylic acids is 4. The first-order valence-corrected chi connectivity index (χ1v) is 18.5. The van der Waals surface area contributed by atoms with Gasteiger partial charge >= 0.3 is 0 Å². The Morgan fingerprint density at radius 1 is 0.895 bits per heavy atom. The number of aromatic nitrogens is 5. The van der Waals surface area contributed by atoms with Crippen molar-refractivity contribution in [2.75, 3.05) is 33.9 Å². The maximum atomic E-state index is 13.1. The van der Waals surface area contributed by atoms with Crippen molar-refractivity contribution in [2.45, 2.75) is 51.1 Å². The van der Waals surface area contributed by atoms with E-state index >= 15 is 0 Å². The lowest BCUT2D eigenvalue weighted by Crippen LogP contribution is -2.54. The average Bonchev–Trinajstić information content (AvgIpc) is 3.76.